The minimum absolute atomic E-state index is 0.245. The Balaban J connectivity index is 1.67. The second-order valence-corrected chi connectivity index (χ2v) is 7.36. The minimum Gasteiger partial charge on any atom is -0.479 e. The Hall–Kier alpha value is -3.00. The van der Waals surface area contributed by atoms with Gasteiger partial charge in [0.25, 0.3) is 0 Å². The number of pyridine rings is 1. The molecule has 2 unspecified atom stereocenters. The van der Waals surface area contributed by atoms with Crippen LogP contribution in [0.25, 0.3) is 27.8 Å². The maximum absolute atomic E-state index is 10.1. The summed E-state index contributed by atoms with van der Waals surface area (Å²) in [6.45, 7) is 2.01. The molecule has 0 saturated heterocycles. The smallest absolute Gasteiger partial charge is 0.241 e. The normalized spacial score (nSPS) is 20.1. The van der Waals surface area contributed by atoms with Crippen LogP contribution in [-0.4, -0.2) is 47.5 Å². The Labute approximate surface area is 161 Å². The molecule has 144 valence electrons. The summed E-state index contributed by atoms with van der Waals surface area (Å²) in [7, 11) is 1.60. The highest BCUT2D eigenvalue weighted by atomic mass is 16.5. The highest BCUT2D eigenvalue weighted by molar-refractivity contribution is 5.87. The monoisotopic (exact) mass is 378 g/mol. The molecule has 0 bridgehead atoms. The zero-order chi connectivity index (χ0) is 19.3. The first-order chi connectivity index (χ1) is 13.7. The molecular formula is C20H22N6O2. The molecule has 1 saturated carbocycles. The number of aliphatic hydroxyl groups excluding tert-OH is 1. The van der Waals surface area contributed by atoms with E-state index in [0.29, 0.717) is 5.88 Å². The van der Waals surface area contributed by atoms with Crippen molar-refractivity contribution < 1.29 is 9.84 Å². The van der Waals surface area contributed by atoms with E-state index < -0.39 is 0 Å². The van der Waals surface area contributed by atoms with Crippen molar-refractivity contribution in [2.24, 2.45) is 0 Å². The van der Waals surface area contributed by atoms with E-state index in [1.165, 1.54) is 6.33 Å². The number of rotatable bonds is 3. The maximum atomic E-state index is 10.1. The fourth-order valence-electron chi connectivity index (χ4n) is 4.38. The van der Waals surface area contributed by atoms with Crippen molar-refractivity contribution in [3.63, 3.8) is 0 Å². The number of aliphatic hydroxyl groups is 1. The Kier molecular flexibility index (Phi) is 4.01. The zero-order valence-electron chi connectivity index (χ0n) is 15.9. The molecule has 4 heterocycles. The van der Waals surface area contributed by atoms with Crippen LogP contribution in [0.1, 0.15) is 37.5 Å². The topological polar surface area (TPSA) is 90.4 Å². The van der Waals surface area contributed by atoms with Crippen LogP contribution in [-0.2, 0) is 0 Å². The predicted octanol–water partition coefficient (Wildman–Crippen LogP) is 2.93. The van der Waals surface area contributed by atoms with Gasteiger partial charge in [-0.05, 0) is 44.7 Å². The van der Waals surface area contributed by atoms with Crippen LogP contribution in [0.4, 0.5) is 0 Å². The van der Waals surface area contributed by atoms with Crippen LogP contribution in [0.3, 0.4) is 0 Å². The number of ether oxygens (including phenoxy) is 1. The van der Waals surface area contributed by atoms with Gasteiger partial charge in [0.15, 0.2) is 5.65 Å². The fourth-order valence-corrected chi connectivity index (χ4v) is 4.38. The second-order valence-electron chi connectivity index (χ2n) is 7.36. The molecule has 8 heteroatoms. The van der Waals surface area contributed by atoms with Gasteiger partial charge in [-0.1, -0.05) is 0 Å². The van der Waals surface area contributed by atoms with E-state index in [-0.39, 0.29) is 12.1 Å². The van der Waals surface area contributed by atoms with Gasteiger partial charge in [-0.15, -0.1) is 0 Å². The van der Waals surface area contributed by atoms with Crippen molar-refractivity contribution in [1.82, 2.24) is 29.1 Å². The molecule has 1 fully saturated rings. The standard InChI is InChI=1S/C20H22N6O2/c1-12-24-19-17(26(12)14-4-3-5-15(27)9-14)8-13(10-21-19)16-6-7-25-18(16)20(28-2)22-11-23-25/h6-8,10-11,14-15,27H,3-5,9H2,1-2H3. The third-order valence-corrected chi connectivity index (χ3v) is 5.63. The first kappa shape index (κ1) is 17.1. The lowest BCUT2D eigenvalue weighted by Crippen LogP contribution is -2.23. The van der Waals surface area contributed by atoms with Crippen LogP contribution in [0.2, 0.25) is 0 Å². The summed E-state index contributed by atoms with van der Waals surface area (Å²) < 4.78 is 9.42. The minimum atomic E-state index is -0.247. The van der Waals surface area contributed by atoms with Gasteiger partial charge in [0, 0.05) is 29.6 Å². The highest BCUT2D eigenvalue weighted by Crippen LogP contribution is 2.35. The van der Waals surface area contributed by atoms with Gasteiger partial charge in [-0.2, -0.15) is 10.1 Å². The van der Waals surface area contributed by atoms with E-state index in [1.807, 2.05) is 25.4 Å². The van der Waals surface area contributed by atoms with Crippen molar-refractivity contribution >= 4 is 16.7 Å². The summed E-state index contributed by atoms with van der Waals surface area (Å²) in [4.78, 5) is 13.5. The number of methoxy groups -OCH3 is 1. The van der Waals surface area contributed by atoms with E-state index in [0.717, 1.165) is 59.3 Å². The number of fused-ring (bicyclic) bond motifs is 2. The van der Waals surface area contributed by atoms with Crippen molar-refractivity contribution in [2.45, 2.75) is 44.8 Å². The molecule has 2 atom stereocenters. The van der Waals surface area contributed by atoms with Crippen molar-refractivity contribution in [1.29, 1.82) is 0 Å². The molecule has 1 aliphatic rings. The number of aryl methyl sites for hydroxylation is 1. The molecule has 0 spiro atoms. The van der Waals surface area contributed by atoms with E-state index in [9.17, 15) is 5.11 Å². The average Bonchev–Trinajstić information content (AvgIpc) is 3.27. The van der Waals surface area contributed by atoms with Gasteiger partial charge in [-0.3, -0.25) is 0 Å². The summed E-state index contributed by atoms with van der Waals surface area (Å²) in [5, 5.41) is 14.4. The first-order valence-corrected chi connectivity index (χ1v) is 9.55. The molecular weight excluding hydrogens is 356 g/mol. The SMILES string of the molecule is COc1ncnn2ccc(-c3cnc4nc(C)n(C5CCCC(O)C5)c4c3)c12. The predicted molar refractivity (Wildman–Crippen MR) is 104 cm³/mol. The number of hydrogen-bond donors (Lipinski definition) is 1. The largest absolute Gasteiger partial charge is 0.479 e. The number of imidazole rings is 1. The molecule has 28 heavy (non-hydrogen) atoms. The summed E-state index contributed by atoms with van der Waals surface area (Å²) in [6.07, 6.45) is 8.65. The zero-order valence-corrected chi connectivity index (χ0v) is 15.9. The molecule has 8 nitrogen and oxygen atoms in total. The van der Waals surface area contributed by atoms with Crippen LogP contribution >= 0.6 is 0 Å². The third kappa shape index (κ3) is 2.63. The second kappa shape index (κ2) is 6.56. The van der Waals surface area contributed by atoms with E-state index >= 15 is 0 Å². The first-order valence-electron chi connectivity index (χ1n) is 9.55. The number of hydrogen-bond acceptors (Lipinski definition) is 6. The van der Waals surface area contributed by atoms with Crippen LogP contribution < -0.4 is 4.74 Å². The van der Waals surface area contributed by atoms with Crippen molar-refractivity contribution in [3.8, 4) is 17.0 Å². The number of aromatic nitrogens is 6. The van der Waals surface area contributed by atoms with Crippen LogP contribution in [0, 0.1) is 6.92 Å². The van der Waals surface area contributed by atoms with Crippen LogP contribution in [0.5, 0.6) is 5.88 Å². The van der Waals surface area contributed by atoms with E-state index in [2.05, 4.69) is 30.7 Å². The molecule has 0 amide bonds. The quantitative estimate of drug-likeness (QED) is 0.589. The summed E-state index contributed by atoms with van der Waals surface area (Å²) in [6, 6.07) is 4.35. The summed E-state index contributed by atoms with van der Waals surface area (Å²) in [5.74, 6) is 1.46. The maximum Gasteiger partial charge on any atom is 0.241 e. The van der Waals surface area contributed by atoms with Gasteiger partial charge < -0.3 is 14.4 Å². The van der Waals surface area contributed by atoms with Gasteiger partial charge in [0.2, 0.25) is 5.88 Å². The molecule has 0 radical (unpaired) electrons. The van der Waals surface area contributed by atoms with Crippen molar-refractivity contribution in [2.75, 3.05) is 7.11 Å². The number of nitrogens with zero attached hydrogens (tertiary/aromatic N) is 6. The van der Waals surface area contributed by atoms with E-state index in [4.69, 9.17) is 4.74 Å². The fraction of sp³-hybridized carbons (Fsp3) is 0.400. The Morgan fingerprint density at radius 3 is 2.96 bits per heavy atom. The molecule has 1 N–H and O–H groups in total. The average molecular weight is 378 g/mol. The third-order valence-electron chi connectivity index (χ3n) is 5.63. The Morgan fingerprint density at radius 1 is 1.25 bits per heavy atom. The lowest BCUT2D eigenvalue weighted by molar-refractivity contribution is 0.104. The summed E-state index contributed by atoms with van der Waals surface area (Å²) >= 11 is 0. The van der Waals surface area contributed by atoms with Gasteiger partial charge in [0.1, 0.15) is 17.7 Å². The van der Waals surface area contributed by atoms with Gasteiger partial charge >= 0.3 is 0 Å². The molecule has 4 aromatic rings. The van der Waals surface area contributed by atoms with Crippen molar-refractivity contribution in [3.05, 3.63) is 36.7 Å². The molecule has 5 rings (SSSR count). The molecule has 0 aliphatic heterocycles. The van der Waals surface area contributed by atoms with Gasteiger partial charge in [0.05, 0.1) is 18.7 Å². The van der Waals surface area contributed by atoms with Crippen LogP contribution in [0.15, 0.2) is 30.9 Å². The summed E-state index contributed by atoms with van der Waals surface area (Å²) in [5.41, 5.74) is 4.45. The lowest BCUT2D eigenvalue weighted by atomic mass is 9.92. The van der Waals surface area contributed by atoms with Gasteiger partial charge in [-0.25, -0.2) is 14.5 Å². The van der Waals surface area contributed by atoms with E-state index in [1.54, 1.807) is 11.6 Å². The molecule has 0 aromatic carbocycles. The lowest BCUT2D eigenvalue weighted by Gasteiger charge is -2.28. The molecule has 1 aliphatic carbocycles. The highest BCUT2D eigenvalue weighted by Gasteiger charge is 2.25. The molecule has 4 aromatic heterocycles. The Bertz CT molecular complexity index is 1160. The Morgan fingerprint density at radius 2 is 2.14 bits per heavy atom.